The van der Waals surface area contributed by atoms with E-state index in [0.717, 1.165) is 11.3 Å². The number of benzene rings is 2. The van der Waals surface area contributed by atoms with E-state index in [9.17, 15) is 4.79 Å². The molecule has 4 heteroatoms. The Bertz CT molecular complexity index is 611. The third-order valence-electron chi connectivity index (χ3n) is 3.21. The van der Waals surface area contributed by atoms with Crippen molar-refractivity contribution < 1.29 is 9.53 Å². The fourth-order valence-corrected chi connectivity index (χ4v) is 2.12. The lowest BCUT2D eigenvalue weighted by atomic mass is 10.1. The number of hydrogen-bond donors (Lipinski definition) is 2. The Hall–Kier alpha value is -2.49. The average molecular weight is 284 g/mol. The summed E-state index contributed by atoms with van der Waals surface area (Å²) in [5.74, 6) is -0.368. The highest BCUT2D eigenvalue weighted by molar-refractivity contribution is 5.96. The van der Waals surface area contributed by atoms with Crippen LogP contribution in [-0.2, 0) is 4.74 Å². The van der Waals surface area contributed by atoms with Gasteiger partial charge in [0, 0.05) is 17.4 Å². The van der Waals surface area contributed by atoms with E-state index in [1.165, 1.54) is 0 Å². The van der Waals surface area contributed by atoms with Gasteiger partial charge in [0.15, 0.2) is 0 Å². The first-order chi connectivity index (χ1) is 10.1. The van der Waals surface area contributed by atoms with Crippen molar-refractivity contribution >= 4 is 17.3 Å². The molecule has 0 heterocycles. The number of nitrogens with one attached hydrogen (secondary N) is 1. The summed E-state index contributed by atoms with van der Waals surface area (Å²) in [5, 5.41) is 3.34. The fraction of sp³-hybridized carbons (Fsp3) is 0.235. The van der Waals surface area contributed by atoms with Crippen molar-refractivity contribution in [3.8, 4) is 0 Å². The largest absolute Gasteiger partial charge is 0.462 e. The molecule has 3 N–H and O–H groups in total. The molecule has 4 nitrogen and oxygen atoms in total. The number of hydrogen-bond acceptors (Lipinski definition) is 4. The smallest absolute Gasteiger partial charge is 0.340 e. The Morgan fingerprint density at radius 1 is 1.24 bits per heavy atom. The lowest BCUT2D eigenvalue weighted by Crippen LogP contribution is -2.13. The van der Waals surface area contributed by atoms with Gasteiger partial charge in [-0.25, -0.2) is 4.79 Å². The quantitative estimate of drug-likeness (QED) is 0.650. The SMILES string of the molecule is CCOC(=O)c1cc(N)ccc1N[C@H](C)c1ccccc1. The molecule has 0 bridgehead atoms. The average Bonchev–Trinajstić information content (AvgIpc) is 2.50. The van der Waals surface area contributed by atoms with Crippen LogP contribution in [0.5, 0.6) is 0 Å². The third-order valence-corrected chi connectivity index (χ3v) is 3.21. The second-order valence-corrected chi connectivity index (χ2v) is 4.80. The molecular weight excluding hydrogens is 264 g/mol. The summed E-state index contributed by atoms with van der Waals surface area (Å²) in [7, 11) is 0. The van der Waals surface area contributed by atoms with E-state index in [1.807, 2.05) is 37.3 Å². The maximum atomic E-state index is 12.0. The van der Waals surface area contributed by atoms with Gasteiger partial charge < -0.3 is 15.8 Å². The van der Waals surface area contributed by atoms with Crippen molar-refractivity contribution in [3.05, 3.63) is 59.7 Å². The van der Waals surface area contributed by atoms with Crippen LogP contribution in [0.4, 0.5) is 11.4 Å². The second-order valence-electron chi connectivity index (χ2n) is 4.80. The van der Waals surface area contributed by atoms with Gasteiger partial charge in [-0.2, -0.15) is 0 Å². The van der Waals surface area contributed by atoms with E-state index in [-0.39, 0.29) is 12.0 Å². The van der Waals surface area contributed by atoms with Crippen molar-refractivity contribution in [1.29, 1.82) is 0 Å². The number of esters is 1. The Morgan fingerprint density at radius 3 is 2.62 bits per heavy atom. The number of carbonyl (C=O) groups is 1. The minimum Gasteiger partial charge on any atom is -0.462 e. The van der Waals surface area contributed by atoms with Gasteiger partial charge in [-0.3, -0.25) is 0 Å². The van der Waals surface area contributed by atoms with E-state index >= 15 is 0 Å². The molecule has 0 saturated carbocycles. The molecule has 0 aromatic heterocycles. The van der Waals surface area contributed by atoms with Crippen LogP contribution >= 0.6 is 0 Å². The Morgan fingerprint density at radius 2 is 1.95 bits per heavy atom. The van der Waals surface area contributed by atoms with Crippen LogP contribution in [0.3, 0.4) is 0 Å². The summed E-state index contributed by atoms with van der Waals surface area (Å²) in [6.45, 7) is 4.16. The van der Waals surface area contributed by atoms with Gasteiger partial charge in [-0.1, -0.05) is 30.3 Å². The predicted molar refractivity (Wildman–Crippen MR) is 85.3 cm³/mol. The van der Waals surface area contributed by atoms with Gasteiger partial charge in [0.05, 0.1) is 12.2 Å². The topological polar surface area (TPSA) is 64.3 Å². The molecule has 0 amide bonds. The van der Waals surface area contributed by atoms with Gasteiger partial charge in [-0.05, 0) is 37.6 Å². The minimum absolute atomic E-state index is 0.0722. The van der Waals surface area contributed by atoms with Crippen molar-refractivity contribution in [2.75, 3.05) is 17.7 Å². The molecule has 2 rings (SSSR count). The van der Waals surface area contributed by atoms with Crippen molar-refractivity contribution in [1.82, 2.24) is 0 Å². The maximum absolute atomic E-state index is 12.0. The van der Waals surface area contributed by atoms with E-state index in [2.05, 4.69) is 5.32 Å². The Kier molecular flexibility index (Phi) is 4.82. The van der Waals surface area contributed by atoms with Crippen molar-refractivity contribution in [2.45, 2.75) is 19.9 Å². The minimum atomic E-state index is -0.368. The first kappa shape index (κ1) is 14.9. The summed E-state index contributed by atoms with van der Waals surface area (Å²) >= 11 is 0. The summed E-state index contributed by atoms with van der Waals surface area (Å²) in [6.07, 6.45) is 0. The first-order valence-electron chi connectivity index (χ1n) is 7.00. The highest BCUT2D eigenvalue weighted by Crippen LogP contribution is 2.25. The van der Waals surface area contributed by atoms with Gasteiger partial charge in [-0.15, -0.1) is 0 Å². The van der Waals surface area contributed by atoms with Crippen LogP contribution in [0.2, 0.25) is 0 Å². The van der Waals surface area contributed by atoms with Crippen molar-refractivity contribution in [3.63, 3.8) is 0 Å². The number of anilines is 2. The van der Waals surface area contributed by atoms with Crippen molar-refractivity contribution in [2.24, 2.45) is 0 Å². The number of carbonyl (C=O) groups excluding carboxylic acids is 1. The summed E-state index contributed by atoms with van der Waals surface area (Å²) in [4.78, 5) is 12.0. The lowest BCUT2D eigenvalue weighted by molar-refractivity contribution is 0.0527. The summed E-state index contributed by atoms with van der Waals surface area (Å²) in [6, 6.07) is 15.3. The Labute approximate surface area is 124 Å². The van der Waals surface area contributed by atoms with E-state index in [1.54, 1.807) is 25.1 Å². The van der Waals surface area contributed by atoms with E-state index in [0.29, 0.717) is 17.9 Å². The van der Waals surface area contributed by atoms with E-state index in [4.69, 9.17) is 10.5 Å². The zero-order chi connectivity index (χ0) is 15.2. The molecule has 0 aliphatic heterocycles. The lowest BCUT2D eigenvalue weighted by Gasteiger charge is -2.18. The molecule has 2 aromatic carbocycles. The normalized spacial score (nSPS) is 11.7. The summed E-state index contributed by atoms with van der Waals surface area (Å²) in [5.41, 5.74) is 8.63. The van der Waals surface area contributed by atoms with Gasteiger partial charge in [0.2, 0.25) is 0 Å². The fourth-order valence-electron chi connectivity index (χ4n) is 2.12. The molecule has 0 saturated heterocycles. The monoisotopic (exact) mass is 284 g/mol. The second kappa shape index (κ2) is 6.79. The highest BCUT2D eigenvalue weighted by atomic mass is 16.5. The zero-order valence-corrected chi connectivity index (χ0v) is 12.3. The molecule has 0 aliphatic rings. The van der Waals surface area contributed by atoms with Gasteiger partial charge in [0.25, 0.3) is 0 Å². The van der Waals surface area contributed by atoms with Crippen LogP contribution in [0, 0.1) is 0 Å². The number of ether oxygens (including phenoxy) is 1. The van der Waals surface area contributed by atoms with E-state index < -0.39 is 0 Å². The molecule has 1 atom stereocenters. The molecule has 0 spiro atoms. The number of rotatable bonds is 5. The molecule has 0 radical (unpaired) electrons. The molecule has 110 valence electrons. The highest BCUT2D eigenvalue weighted by Gasteiger charge is 2.15. The van der Waals surface area contributed by atoms with Crippen LogP contribution in [-0.4, -0.2) is 12.6 Å². The first-order valence-corrected chi connectivity index (χ1v) is 7.00. The molecule has 21 heavy (non-hydrogen) atoms. The van der Waals surface area contributed by atoms with Crippen LogP contribution in [0.15, 0.2) is 48.5 Å². The maximum Gasteiger partial charge on any atom is 0.340 e. The standard InChI is InChI=1S/C17H20N2O2/c1-3-21-17(20)15-11-14(18)9-10-16(15)19-12(2)13-7-5-4-6-8-13/h4-12,19H,3,18H2,1-2H3/t12-/m1/s1. The predicted octanol–water partition coefficient (Wildman–Crippen LogP) is 3.62. The number of nitrogens with two attached hydrogens (primary N) is 1. The van der Waals surface area contributed by atoms with Crippen LogP contribution in [0.1, 0.15) is 35.8 Å². The molecule has 0 unspecified atom stereocenters. The number of nitrogen functional groups attached to an aromatic ring is 1. The van der Waals surface area contributed by atoms with Gasteiger partial charge >= 0.3 is 5.97 Å². The molecule has 2 aromatic rings. The van der Waals surface area contributed by atoms with Gasteiger partial charge in [0.1, 0.15) is 0 Å². The third kappa shape index (κ3) is 3.75. The molecular formula is C17H20N2O2. The van der Waals surface area contributed by atoms with Crippen LogP contribution in [0.25, 0.3) is 0 Å². The van der Waals surface area contributed by atoms with Crippen LogP contribution < -0.4 is 11.1 Å². The molecule has 0 fully saturated rings. The Balaban J connectivity index is 2.25. The molecule has 0 aliphatic carbocycles. The summed E-state index contributed by atoms with van der Waals surface area (Å²) < 4.78 is 5.08. The zero-order valence-electron chi connectivity index (χ0n) is 12.3.